The van der Waals surface area contributed by atoms with Gasteiger partial charge in [-0.2, -0.15) is 5.26 Å². The molecule has 0 aliphatic carbocycles. The first-order valence-corrected chi connectivity index (χ1v) is 8.60. The van der Waals surface area contributed by atoms with Gasteiger partial charge in [0.25, 0.3) is 0 Å². The summed E-state index contributed by atoms with van der Waals surface area (Å²) in [5.41, 5.74) is 2.45. The third kappa shape index (κ3) is 4.88. The summed E-state index contributed by atoms with van der Waals surface area (Å²) in [5.74, 6) is 0. The predicted octanol–water partition coefficient (Wildman–Crippen LogP) is 3.81. The number of cyclic esters (lactones) is 1. The van der Waals surface area contributed by atoms with E-state index in [-0.39, 0.29) is 12.2 Å². The molecule has 1 fully saturated rings. The van der Waals surface area contributed by atoms with E-state index in [1.165, 1.54) is 6.92 Å². The molecule has 2 heterocycles. The van der Waals surface area contributed by atoms with Gasteiger partial charge in [0, 0.05) is 32.2 Å². The van der Waals surface area contributed by atoms with Crippen LogP contribution in [0.3, 0.4) is 0 Å². The zero-order valence-corrected chi connectivity index (χ0v) is 15.7. The summed E-state index contributed by atoms with van der Waals surface area (Å²) in [5, 5.41) is 7.32. The zero-order valence-electron chi connectivity index (χ0n) is 15.7. The molecule has 0 radical (unpaired) electrons. The smallest absolute Gasteiger partial charge is 0.414 e. The summed E-state index contributed by atoms with van der Waals surface area (Å²) in [7, 11) is 0. The Balaban J connectivity index is 0.000000758. The summed E-state index contributed by atoms with van der Waals surface area (Å²) in [6, 6.07) is 7.59. The topological polar surface area (TPSA) is 82.9 Å². The summed E-state index contributed by atoms with van der Waals surface area (Å²) in [6.45, 7) is 9.17. The maximum Gasteiger partial charge on any atom is 0.414 e. The fraction of sp³-hybridized carbons (Fsp3) is 0.526. The molecule has 0 unspecified atom stereocenters. The third-order valence-corrected chi connectivity index (χ3v) is 3.85. The molecule has 1 saturated heterocycles. The molecule has 1 aromatic carbocycles. The number of hydrogen-bond donors (Lipinski definition) is 0. The lowest BCUT2D eigenvalue weighted by atomic mass is 10.1. The number of anilines is 1. The van der Waals surface area contributed by atoms with E-state index in [1.807, 2.05) is 39.0 Å². The van der Waals surface area contributed by atoms with E-state index < -0.39 is 5.60 Å². The highest BCUT2D eigenvalue weighted by Gasteiger charge is 2.29. The molecule has 2 aliphatic heterocycles. The zero-order chi connectivity index (χ0) is 19.3. The molecular formula is C19H25N3O4. The molecule has 140 valence electrons. The van der Waals surface area contributed by atoms with Crippen molar-refractivity contribution in [3.8, 4) is 6.07 Å². The molecule has 0 saturated carbocycles. The van der Waals surface area contributed by atoms with Crippen LogP contribution in [0.25, 0.3) is 0 Å². The van der Waals surface area contributed by atoms with Crippen LogP contribution in [-0.4, -0.2) is 35.8 Å². The van der Waals surface area contributed by atoms with Crippen molar-refractivity contribution in [2.24, 2.45) is 0 Å². The maximum atomic E-state index is 12.2. The molecule has 7 heteroatoms. The summed E-state index contributed by atoms with van der Waals surface area (Å²) >= 11 is 0. The van der Waals surface area contributed by atoms with E-state index >= 15 is 0 Å². The van der Waals surface area contributed by atoms with E-state index in [4.69, 9.17) is 14.7 Å². The summed E-state index contributed by atoms with van der Waals surface area (Å²) < 4.78 is 10.5. The van der Waals surface area contributed by atoms with Gasteiger partial charge in [-0.15, -0.1) is 0 Å². The molecule has 0 aromatic heterocycles. The fourth-order valence-corrected chi connectivity index (χ4v) is 2.79. The van der Waals surface area contributed by atoms with Gasteiger partial charge in [0.15, 0.2) is 0 Å². The minimum Gasteiger partial charge on any atom is -0.449 e. The van der Waals surface area contributed by atoms with Crippen LogP contribution in [0.4, 0.5) is 15.3 Å². The second kappa shape index (κ2) is 8.09. The van der Waals surface area contributed by atoms with Crippen molar-refractivity contribution in [3.05, 3.63) is 29.3 Å². The van der Waals surface area contributed by atoms with Crippen molar-refractivity contribution in [1.82, 2.24) is 4.90 Å². The van der Waals surface area contributed by atoms with Gasteiger partial charge in [0.05, 0.1) is 12.7 Å². The van der Waals surface area contributed by atoms with Crippen LogP contribution in [-0.2, 0) is 22.6 Å². The molecule has 0 bridgehead atoms. The highest BCUT2D eigenvalue weighted by molar-refractivity contribution is 5.88. The van der Waals surface area contributed by atoms with Crippen LogP contribution in [0.15, 0.2) is 18.2 Å². The van der Waals surface area contributed by atoms with Gasteiger partial charge in [-0.05, 0) is 50.5 Å². The summed E-state index contributed by atoms with van der Waals surface area (Å²) in [4.78, 5) is 27.3. The van der Waals surface area contributed by atoms with Gasteiger partial charge >= 0.3 is 12.2 Å². The average molecular weight is 359 g/mol. The second-order valence-electron chi connectivity index (χ2n) is 7.13. The normalized spacial score (nSPS) is 16.0. The first-order valence-electron chi connectivity index (χ1n) is 8.60. The van der Waals surface area contributed by atoms with Crippen molar-refractivity contribution in [3.63, 3.8) is 0 Å². The minimum absolute atomic E-state index is 0.307. The van der Waals surface area contributed by atoms with Crippen LogP contribution in [0.5, 0.6) is 0 Å². The van der Waals surface area contributed by atoms with Gasteiger partial charge in [0.1, 0.15) is 5.60 Å². The Hall–Kier alpha value is -2.75. The standard InChI is InChI=1S/C17H22N2O4.C2H3N/c1-17(2,3)23-15(20)18-10-12-5-6-14(9-13(12)11-18)19-7-4-8-22-16(19)21;1-2-3/h5-6,9H,4,7-8,10-11H2,1-3H3;1H3. The molecule has 0 N–H and O–H groups in total. The Morgan fingerprint density at radius 3 is 2.54 bits per heavy atom. The van der Waals surface area contributed by atoms with Crippen molar-refractivity contribution in [2.75, 3.05) is 18.1 Å². The number of nitriles is 1. The molecule has 3 rings (SSSR count). The Morgan fingerprint density at radius 2 is 1.92 bits per heavy atom. The second-order valence-corrected chi connectivity index (χ2v) is 7.13. The monoisotopic (exact) mass is 359 g/mol. The SMILES string of the molecule is CC#N.CC(C)(C)OC(=O)N1Cc2ccc(N3CCCOC3=O)cc2C1. The Bertz CT molecular complexity index is 718. The van der Waals surface area contributed by atoms with Crippen molar-refractivity contribution in [1.29, 1.82) is 5.26 Å². The lowest BCUT2D eigenvalue weighted by Gasteiger charge is -2.26. The van der Waals surface area contributed by atoms with E-state index in [1.54, 1.807) is 15.9 Å². The Morgan fingerprint density at radius 1 is 1.27 bits per heavy atom. The largest absolute Gasteiger partial charge is 0.449 e. The third-order valence-electron chi connectivity index (χ3n) is 3.85. The molecule has 2 aliphatic rings. The number of fused-ring (bicyclic) bond motifs is 1. The Labute approximate surface area is 154 Å². The summed E-state index contributed by atoms with van der Waals surface area (Å²) in [6.07, 6.45) is 0.207. The van der Waals surface area contributed by atoms with Crippen LogP contribution in [0, 0.1) is 11.3 Å². The average Bonchev–Trinajstić information content (AvgIpc) is 2.98. The molecule has 0 spiro atoms. The fourth-order valence-electron chi connectivity index (χ4n) is 2.79. The van der Waals surface area contributed by atoms with E-state index in [0.717, 1.165) is 23.2 Å². The minimum atomic E-state index is -0.505. The number of amides is 2. The lowest BCUT2D eigenvalue weighted by Crippen LogP contribution is -2.37. The predicted molar refractivity (Wildman–Crippen MR) is 96.5 cm³/mol. The Kier molecular flexibility index (Phi) is 6.09. The first-order chi connectivity index (χ1) is 12.2. The van der Waals surface area contributed by atoms with Gasteiger partial charge in [-0.25, -0.2) is 9.59 Å². The number of nitrogens with zero attached hydrogens (tertiary/aromatic N) is 3. The van der Waals surface area contributed by atoms with Crippen molar-refractivity contribution >= 4 is 17.9 Å². The molecule has 7 nitrogen and oxygen atoms in total. The van der Waals surface area contributed by atoms with Gasteiger partial charge in [-0.1, -0.05) is 6.07 Å². The number of benzene rings is 1. The molecule has 0 atom stereocenters. The lowest BCUT2D eigenvalue weighted by molar-refractivity contribution is 0.0241. The van der Waals surface area contributed by atoms with E-state index in [9.17, 15) is 9.59 Å². The highest BCUT2D eigenvalue weighted by Crippen LogP contribution is 2.29. The van der Waals surface area contributed by atoms with Crippen LogP contribution in [0.2, 0.25) is 0 Å². The highest BCUT2D eigenvalue weighted by atomic mass is 16.6. The molecular weight excluding hydrogens is 334 g/mol. The van der Waals surface area contributed by atoms with Crippen LogP contribution >= 0.6 is 0 Å². The number of hydrogen-bond acceptors (Lipinski definition) is 5. The van der Waals surface area contributed by atoms with Gasteiger partial charge in [-0.3, -0.25) is 9.80 Å². The number of carbonyl (C=O) groups is 2. The molecule has 1 aromatic rings. The molecule has 2 amide bonds. The van der Waals surface area contributed by atoms with E-state index in [2.05, 4.69) is 0 Å². The first kappa shape index (κ1) is 19.6. The van der Waals surface area contributed by atoms with Gasteiger partial charge in [0.2, 0.25) is 0 Å². The number of rotatable bonds is 1. The molecule has 26 heavy (non-hydrogen) atoms. The quantitative estimate of drug-likeness (QED) is 0.761. The number of carbonyl (C=O) groups excluding carboxylic acids is 2. The number of ether oxygens (including phenoxy) is 2. The van der Waals surface area contributed by atoms with Crippen LogP contribution in [0.1, 0.15) is 45.2 Å². The van der Waals surface area contributed by atoms with Crippen LogP contribution < -0.4 is 4.90 Å². The maximum absolute atomic E-state index is 12.2. The van der Waals surface area contributed by atoms with E-state index in [0.29, 0.717) is 26.2 Å². The van der Waals surface area contributed by atoms with Crippen molar-refractivity contribution < 1.29 is 19.1 Å². The van der Waals surface area contributed by atoms with Crippen molar-refractivity contribution in [2.45, 2.75) is 52.8 Å². The van der Waals surface area contributed by atoms with Gasteiger partial charge < -0.3 is 9.47 Å².